The predicted octanol–water partition coefficient (Wildman–Crippen LogP) is 0.645. The third-order valence-corrected chi connectivity index (χ3v) is 5.20. The number of hydrogen-bond acceptors (Lipinski definition) is 5. The van der Waals surface area contributed by atoms with Crippen LogP contribution in [0.15, 0.2) is 15.7 Å². The van der Waals surface area contributed by atoms with Crippen LogP contribution < -0.4 is 5.14 Å². The van der Waals surface area contributed by atoms with Crippen LogP contribution in [-0.4, -0.2) is 44.5 Å². The van der Waals surface area contributed by atoms with Gasteiger partial charge in [-0.3, -0.25) is 4.79 Å². The number of ether oxygens (including phenoxy) is 1. The summed E-state index contributed by atoms with van der Waals surface area (Å²) in [6, 6.07) is 1.33. The maximum Gasteiger partial charge on any atom is 0.254 e. The van der Waals surface area contributed by atoms with Crippen molar-refractivity contribution in [2.24, 2.45) is 5.14 Å². The molecule has 2 atom stereocenters. The molecule has 2 N–H and O–H groups in total. The highest BCUT2D eigenvalue weighted by Gasteiger charge is 2.27. The number of thiophene rings is 1. The second kappa shape index (κ2) is 5.20. The number of carbonyl (C=O) groups is 1. The maximum atomic E-state index is 12.3. The SMILES string of the molecule is C[C@H]1CN(C(=O)c2csc(S(N)(=O)=O)c2)C[C@H](C)O1. The van der Waals surface area contributed by atoms with E-state index in [0.717, 1.165) is 11.3 Å². The monoisotopic (exact) mass is 304 g/mol. The molecule has 0 spiro atoms. The van der Waals surface area contributed by atoms with Crippen LogP contribution in [0.1, 0.15) is 24.2 Å². The van der Waals surface area contributed by atoms with Crippen LogP contribution in [0.2, 0.25) is 0 Å². The van der Waals surface area contributed by atoms with Crippen LogP contribution in [0.3, 0.4) is 0 Å². The van der Waals surface area contributed by atoms with Crippen molar-refractivity contribution in [2.45, 2.75) is 30.3 Å². The molecular formula is C11H16N2O4S2. The van der Waals surface area contributed by atoms with Gasteiger partial charge in [-0.25, -0.2) is 13.6 Å². The van der Waals surface area contributed by atoms with E-state index >= 15 is 0 Å². The summed E-state index contributed by atoms with van der Waals surface area (Å²) in [4.78, 5) is 13.9. The van der Waals surface area contributed by atoms with Crippen LogP contribution in [0, 0.1) is 0 Å². The highest BCUT2D eigenvalue weighted by Crippen LogP contribution is 2.21. The molecule has 0 radical (unpaired) electrons. The zero-order chi connectivity index (χ0) is 14.2. The third-order valence-electron chi connectivity index (χ3n) is 2.81. The number of nitrogens with zero attached hydrogens (tertiary/aromatic N) is 1. The molecule has 19 heavy (non-hydrogen) atoms. The molecule has 1 aliphatic rings. The van der Waals surface area contributed by atoms with Crippen molar-refractivity contribution in [3.63, 3.8) is 0 Å². The van der Waals surface area contributed by atoms with E-state index in [-0.39, 0.29) is 22.3 Å². The zero-order valence-corrected chi connectivity index (χ0v) is 12.3. The Balaban J connectivity index is 2.18. The van der Waals surface area contributed by atoms with Gasteiger partial charge < -0.3 is 9.64 Å². The molecule has 2 heterocycles. The fourth-order valence-corrected chi connectivity index (χ4v) is 3.68. The number of amides is 1. The van der Waals surface area contributed by atoms with Gasteiger partial charge in [0.25, 0.3) is 5.91 Å². The molecule has 1 saturated heterocycles. The van der Waals surface area contributed by atoms with Crippen LogP contribution in [0.4, 0.5) is 0 Å². The minimum Gasteiger partial charge on any atom is -0.372 e. The highest BCUT2D eigenvalue weighted by molar-refractivity contribution is 7.91. The zero-order valence-electron chi connectivity index (χ0n) is 10.7. The average molecular weight is 304 g/mol. The van der Waals surface area contributed by atoms with Gasteiger partial charge in [0.1, 0.15) is 4.21 Å². The number of rotatable bonds is 2. The summed E-state index contributed by atoms with van der Waals surface area (Å²) in [6.45, 7) is 4.81. The lowest BCUT2D eigenvalue weighted by molar-refractivity contribution is -0.0586. The van der Waals surface area contributed by atoms with Crippen molar-refractivity contribution in [1.29, 1.82) is 0 Å². The standard InChI is InChI=1S/C11H16N2O4S2/c1-7-4-13(5-8(2)17-7)11(14)9-3-10(18-6-9)19(12,15)16/h3,6-8H,4-5H2,1-2H3,(H2,12,15,16)/t7-,8-/m0/s1. The summed E-state index contributed by atoms with van der Waals surface area (Å²) in [5.41, 5.74) is 0.357. The number of carbonyl (C=O) groups excluding carboxylic acids is 1. The van der Waals surface area contributed by atoms with Gasteiger partial charge >= 0.3 is 0 Å². The van der Waals surface area contributed by atoms with E-state index < -0.39 is 10.0 Å². The first-order valence-electron chi connectivity index (χ1n) is 5.83. The molecule has 1 aromatic rings. The van der Waals surface area contributed by atoms with Gasteiger partial charge in [0, 0.05) is 18.5 Å². The summed E-state index contributed by atoms with van der Waals surface area (Å²) < 4.78 is 27.9. The lowest BCUT2D eigenvalue weighted by Crippen LogP contribution is -2.48. The Morgan fingerprint density at radius 1 is 1.42 bits per heavy atom. The highest BCUT2D eigenvalue weighted by atomic mass is 32.2. The second-order valence-corrected chi connectivity index (χ2v) is 7.37. The van der Waals surface area contributed by atoms with E-state index in [1.54, 1.807) is 4.90 Å². The molecule has 106 valence electrons. The fourth-order valence-electron chi connectivity index (χ4n) is 2.10. The van der Waals surface area contributed by atoms with Gasteiger partial charge in [-0.15, -0.1) is 11.3 Å². The summed E-state index contributed by atoms with van der Waals surface area (Å²) in [5.74, 6) is -0.187. The van der Waals surface area contributed by atoms with Crippen molar-refractivity contribution in [2.75, 3.05) is 13.1 Å². The van der Waals surface area contributed by atoms with E-state index in [9.17, 15) is 13.2 Å². The normalized spacial score (nSPS) is 24.5. The van der Waals surface area contributed by atoms with Crippen LogP contribution in [0.5, 0.6) is 0 Å². The summed E-state index contributed by atoms with van der Waals surface area (Å²) >= 11 is 0.959. The molecule has 0 saturated carbocycles. The Morgan fingerprint density at radius 2 is 2.00 bits per heavy atom. The molecular weight excluding hydrogens is 288 g/mol. The Morgan fingerprint density at radius 3 is 2.47 bits per heavy atom. The minimum absolute atomic E-state index is 0.00482. The Labute approximate surface area is 116 Å². The first kappa shape index (κ1) is 14.4. The third kappa shape index (κ3) is 3.33. The molecule has 1 amide bonds. The van der Waals surface area contributed by atoms with Gasteiger partial charge in [-0.05, 0) is 19.9 Å². The molecule has 8 heteroatoms. The fraction of sp³-hybridized carbons (Fsp3) is 0.545. The first-order valence-corrected chi connectivity index (χ1v) is 8.26. The Bertz CT molecular complexity index is 571. The molecule has 0 bridgehead atoms. The molecule has 1 fully saturated rings. The Kier molecular flexibility index (Phi) is 3.95. The lowest BCUT2D eigenvalue weighted by Gasteiger charge is -2.35. The minimum atomic E-state index is -3.74. The van der Waals surface area contributed by atoms with Gasteiger partial charge in [0.2, 0.25) is 10.0 Å². The number of primary sulfonamides is 1. The number of nitrogens with two attached hydrogens (primary N) is 1. The van der Waals surface area contributed by atoms with Crippen molar-refractivity contribution in [1.82, 2.24) is 4.90 Å². The number of sulfonamides is 1. The van der Waals surface area contributed by atoms with Gasteiger partial charge in [0.15, 0.2) is 0 Å². The first-order chi connectivity index (χ1) is 8.77. The molecule has 1 aliphatic heterocycles. The summed E-state index contributed by atoms with van der Waals surface area (Å²) in [7, 11) is -3.74. The van der Waals surface area contributed by atoms with E-state index in [1.807, 2.05) is 13.8 Å². The summed E-state index contributed by atoms with van der Waals surface area (Å²) in [6.07, 6.45) is -0.0481. The largest absolute Gasteiger partial charge is 0.372 e. The second-order valence-electron chi connectivity index (χ2n) is 4.67. The molecule has 0 aliphatic carbocycles. The molecule has 0 aromatic carbocycles. The van der Waals surface area contributed by atoms with Crippen molar-refractivity contribution in [3.05, 3.63) is 17.0 Å². The van der Waals surface area contributed by atoms with E-state index in [1.165, 1.54) is 11.4 Å². The van der Waals surface area contributed by atoms with Crippen molar-refractivity contribution in [3.8, 4) is 0 Å². The predicted molar refractivity (Wildman–Crippen MR) is 71.6 cm³/mol. The lowest BCUT2D eigenvalue weighted by atomic mass is 10.2. The quantitative estimate of drug-likeness (QED) is 0.868. The van der Waals surface area contributed by atoms with Gasteiger partial charge in [-0.2, -0.15) is 0 Å². The van der Waals surface area contributed by atoms with Crippen LogP contribution >= 0.6 is 11.3 Å². The van der Waals surface area contributed by atoms with E-state index in [2.05, 4.69) is 0 Å². The van der Waals surface area contributed by atoms with E-state index in [0.29, 0.717) is 18.7 Å². The molecule has 1 aromatic heterocycles. The average Bonchev–Trinajstić information content (AvgIpc) is 2.75. The van der Waals surface area contributed by atoms with Crippen molar-refractivity contribution >= 4 is 27.3 Å². The molecule has 2 rings (SSSR count). The number of morpholine rings is 1. The summed E-state index contributed by atoms with van der Waals surface area (Å²) in [5, 5.41) is 6.55. The molecule has 0 unspecified atom stereocenters. The van der Waals surface area contributed by atoms with Gasteiger partial charge in [0.05, 0.1) is 17.8 Å². The Hall–Kier alpha value is -0.960. The molecule has 6 nitrogen and oxygen atoms in total. The maximum absolute atomic E-state index is 12.3. The van der Waals surface area contributed by atoms with Gasteiger partial charge in [-0.1, -0.05) is 0 Å². The van der Waals surface area contributed by atoms with Crippen LogP contribution in [-0.2, 0) is 14.8 Å². The smallest absolute Gasteiger partial charge is 0.254 e. The van der Waals surface area contributed by atoms with Crippen molar-refractivity contribution < 1.29 is 17.9 Å². The number of hydrogen-bond donors (Lipinski definition) is 1. The van der Waals surface area contributed by atoms with E-state index in [4.69, 9.17) is 9.88 Å². The topological polar surface area (TPSA) is 89.7 Å². The van der Waals surface area contributed by atoms with Crippen LogP contribution in [0.25, 0.3) is 0 Å².